The smallest absolute Gasteiger partial charge is 0.264 e. The lowest BCUT2D eigenvalue weighted by atomic mass is 10.1. The van der Waals surface area contributed by atoms with Crippen LogP contribution in [-0.2, 0) is 6.42 Å². The summed E-state index contributed by atoms with van der Waals surface area (Å²) in [5.41, 5.74) is 1.30. The SMILES string of the molecule is O=c1[nH]c(Cc2ccccc2F)nc(C2CC2)c1I. The minimum atomic E-state index is -0.267. The van der Waals surface area contributed by atoms with Crippen LogP contribution in [0.15, 0.2) is 29.1 Å². The maximum absolute atomic E-state index is 13.6. The van der Waals surface area contributed by atoms with Gasteiger partial charge in [0.05, 0.1) is 9.26 Å². The molecule has 0 saturated heterocycles. The lowest BCUT2D eigenvalue weighted by Gasteiger charge is -2.06. The zero-order valence-corrected chi connectivity index (χ0v) is 12.3. The molecule has 0 spiro atoms. The fraction of sp³-hybridized carbons (Fsp3) is 0.286. The van der Waals surface area contributed by atoms with Gasteiger partial charge in [0.25, 0.3) is 5.56 Å². The number of hydrogen-bond acceptors (Lipinski definition) is 2. The highest BCUT2D eigenvalue weighted by atomic mass is 127. The first kappa shape index (κ1) is 12.8. The Hall–Kier alpha value is -1.24. The molecule has 3 nitrogen and oxygen atoms in total. The van der Waals surface area contributed by atoms with E-state index in [4.69, 9.17) is 0 Å². The highest BCUT2D eigenvalue weighted by Crippen LogP contribution is 2.40. The maximum Gasteiger partial charge on any atom is 0.264 e. The average molecular weight is 370 g/mol. The van der Waals surface area contributed by atoms with Gasteiger partial charge in [-0.1, -0.05) is 18.2 Å². The summed E-state index contributed by atoms with van der Waals surface area (Å²) in [6.07, 6.45) is 2.50. The lowest BCUT2D eigenvalue weighted by Crippen LogP contribution is -2.18. The molecule has 5 heteroatoms. The summed E-state index contributed by atoms with van der Waals surface area (Å²) in [7, 11) is 0. The molecule has 98 valence electrons. The number of benzene rings is 1. The van der Waals surface area contributed by atoms with Crippen LogP contribution in [0.3, 0.4) is 0 Å². The van der Waals surface area contributed by atoms with Crippen molar-refractivity contribution in [1.82, 2.24) is 9.97 Å². The van der Waals surface area contributed by atoms with Crippen LogP contribution in [0.5, 0.6) is 0 Å². The molecule has 1 aromatic carbocycles. The third-order valence-electron chi connectivity index (χ3n) is 3.22. The molecule has 3 rings (SSSR count). The molecule has 0 aliphatic heterocycles. The second-order valence-electron chi connectivity index (χ2n) is 4.75. The number of aromatic amines is 1. The van der Waals surface area contributed by atoms with E-state index in [2.05, 4.69) is 9.97 Å². The third kappa shape index (κ3) is 2.70. The Morgan fingerprint density at radius 1 is 1.37 bits per heavy atom. The first-order valence-electron chi connectivity index (χ1n) is 6.17. The molecule has 2 aromatic rings. The fourth-order valence-electron chi connectivity index (χ4n) is 2.06. The Morgan fingerprint density at radius 3 is 2.79 bits per heavy atom. The number of H-pyrrole nitrogens is 1. The van der Waals surface area contributed by atoms with Crippen molar-refractivity contribution < 1.29 is 4.39 Å². The minimum Gasteiger partial charge on any atom is -0.309 e. The monoisotopic (exact) mass is 370 g/mol. The predicted octanol–water partition coefficient (Wildman–Crippen LogP) is 2.98. The fourth-order valence-corrected chi connectivity index (χ4v) is 2.75. The third-order valence-corrected chi connectivity index (χ3v) is 4.26. The van der Waals surface area contributed by atoms with Crippen molar-refractivity contribution in [2.45, 2.75) is 25.2 Å². The van der Waals surface area contributed by atoms with Gasteiger partial charge in [-0.15, -0.1) is 0 Å². The number of halogens is 2. The van der Waals surface area contributed by atoms with Crippen molar-refractivity contribution in [2.24, 2.45) is 0 Å². The number of nitrogens with one attached hydrogen (secondary N) is 1. The molecule has 1 heterocycles. The van der Waals surface area contributed by atoms with Crippen LogP contribution in [0.4, 0.5) is 4.39 Å². The van der Waals surface area contributed by atoms with Crippen molar-refractivity contribution >= 4 is 22.6 Å². The molecule has 19 heavy (non-hydrogen) atoms. The van der Waals surface area contributed by atoms with Crippen LogP contribution in [-0.4, -0.2) is 9.97 Å². The van der Waals surface area contributed by atoms with Crippen molar-refractivity contribution in [1.29, 1.82) is 0 Å². The normalized spacial score (nSPS) is 14.6. The van der Waals surface area contributed by atoms with E-state index in [0.717, 1.165) is 18.5 Å². The first-order chi connectivity index (χ1) is 9.15. The van der Waals surface area contributed by atoms with Gasteiger partial charge in [0, 0.05) is 12.3 Å². The van der Waals surface area contributed by atoms with E-state index in [9.17, 15) is 9.18 Å². The predicted molar refractivity (Wildman–Crippen MR) is 78.8 cm³/mol. The van der Waals surface area contributed by atoms with Gasteiger partial charge in [-0.25, -0.2) is 9.37 Å². The van der Waals surface area contributed by atoms with E-state index < -0.39 is 0 Å². The molecule has 1 aromatic heterocycles. The van der Waals surface area contributed by atoms with Crippen molar-refractivity contribution in [3.05, 3.63) is 61.1 Å². The van der Waals surface area contributed by atoms with Gasteiger partial charge in [-0.3, -0.25) is 4.79 Å². The summed E-state index contributed by atoms with van der Waals surface area (Å²) in [5, 5.41) is 0. The van der Waals surface area contributed by atoms with Gasteiger partial charge >= 0.3 is 0 Å². The Balaban J connectivity index is 1.97. The van der Waals surface area contributed by atoms with Crippen molar-refractivity contribution in [2.75, 3.05) is 0 Å². The van der Waals surface area contributed by atoms with Crippen LogP contribution in [0.25, 0.3) is 0 Å². The molecule has 1 N–H and O–H groups in total. The van der Waals surface area contributed by atoms with E-state index in [-0.39, 0.29) is 11.4 Å². The molecule has 1 aliphatic rings. The molecule has 0 radical (unpaired) electrons. The quantitative estimate of drug-likeness (QED) is 0.845. The Bertz CT molecular complexity index is 679. The summed E-state index contributed by atoms with van der Waals surface area (Å²) < 4.78 is 14.3. The molecule has 0 unspecified atom stereocenters. The second kappa shape index (κ2) is 5.03. The highest BCUT2D eigenvalue weighted by molar-refractivity contribution is 14.1. The van der Waals surface area contributed by atoms with Gasteiger partial charge in [-0.2, -0.15) is 0 Å². The molecular weight excluding hydrogens is 358 g/mol. The van der Waals surface area contributed by atoms with Crippen LogP contribution >= 0.6 is 22.6 Å². The van der Waals surface area contributed by atoms with E-state index in [1.165, 1.54) is 6.07 Å². The largest absolute Gasteiger partial charge is 0.309 e. The topological polar surface area (TPSA) is 45.8 Å². The summed E-state index contributed by atoms with van der Waals surface area (Å²) in [6, 6.07) is 6.57. The molecule has 1 fully saturated rings. The highest BCUT2D eigenvalue weighted by Gasteiger charge is 2.28. The van der Waals surface area contributed by atoms with Gasteiger partial charge in [0.1, 0.15) is 11.6 Å². The molecule has 1 aliphatic carbocycles. The molecule has 0 amide bonds. The van der Waals surface area contributed by atoms with Crippen LogP contribution in [0, 0.1) is 9.39 Å². The van der Waals surface area contributed by atoms with Gasteiger partial charge in [0.15, 0.2) is 0 Å². The summed E-state index contributed by atoms with van der Waals surface area (Å²) in [4.78, 5) is 19.1. The zero-order valence-electron chi connectivity index (χ0n) is 10.1. The number of aromatic nitrogens is 2. The van der Waals surface area contributed by atoms with E-state index in [1.807, 2.05) is 22.6 Å². The molecule has 0 bridgehead atoms. The van der Waals surface area contributed by atoms with Gasteiger partial charge in [-0.05, 0) is 47.1 Å². The molecule has 1 saturated carbocycles. The summed E-state index contributed by atoms with van der Waals surface area (Å²) in [5.74, 6) is 0.683. The minimum absolute atomic E-state index is 0.121. The Kier molecular flexibility index (Phi) is 3.38. The van der Waals surface area contributed by atoms with Gasteiger partial charge in [0.2, 0.25) is 0 Å². The number of nitrogens with zero attached hydrogens (tertiary/aromatic N) is 1. The number of hydrogen-bond donors (Lipinski definition) is 1. The molecular formula is C14H12FIN2O. The van der Waals surface area contributed by atoms with Crippen LogP contribution < -0.4 is 5.56 Å². The molecule has 0 atom stereocenters. The van der Waals surface area contributed by atoms with E-state index in [1.54, 1.807) is 18.2 Å². The summed E-state index contributed by atoms with van der Waals surface area (Å²) >= 11 is 2.03. The van der Waals surface area contributed by atoms with Crippen LogP contribution in [0.1, 0.15) is 35.8 Å². The van der Waals surface area contributed by atoms with Crippen LogP contribution in [0.2, 0.25) is 0 Å². The van der Waals surface area contributed by atoms with Crippen molar-refractivity contribution in [3.8, 4) is 0 Å². The second-order valence-corrected chi connectivity index (χ2v) is 5.83. The Labute approximate surface area is 123 Å². The standard InChI is InChI=1S/C14H12FIN2O/c15-10-4-2-1-3-9(10)7-11-17-13(8-5-6-8)12(16)14(19)18-11/h1-4,8H,5-7H2,(H,17,18,19). The zero-order chi connectivity index (χ0) is 13.4. The average Bonchev–Trinajstić information content (AvgIpc) is 3.20. The van der Waals surface area contributed by atoms with Crippen molar-refractivity contribution in [3.63, 3.8) is 0 Å². The number of rotatable bonds is 3. The van der Waals surface area contributed by atoms with Gasteiger partial charge < -0.3 is 4.98 Å². The Morgan fingerprint density at radius 2 is 2.11 bits per heavy atom. The van der Waals surface area contributed by atoms with E-state index in [0.29, 0.717) is 27.3 Å². The lowest BCUT2D eigenvalue weighted by molar-refractivity contribution is 0.611. The first-order valence-corrected chi connectivity index (χ1v) is 7.25. The van der Waals surface area contributed by atoms with E-state index >= 15 is 0 Å². The summed E-state index contributed by atoms with van der Waals surface area (Å²) in [6.45, 7) is 0. The maximum atomic E-state index is 13.6.